The molecule has 0 saturated carbocycles. The van der Waals surface area contributed by atoms with E-state index >= 15 is 0 Å². The Kier molecular flexibility index (Phi) is 5.77. The van der Waals surface area contributed by atoms with E-state index in [9.17, 15) is 8.42 Å². The van der Waals surface area contributed by atoms with Gasteiger partial charge in [-0.2, -0.15) is 0 Å². The predicted molar refractivity (Wildman–Crippen MR) is 62.3 cm³/mol. The quantitative estimate of drug-likeness (QED) is 0.759. The molecule has 0 heterocycles. The molecule has 0 saturated heterocycles. The van der Waals surface area contributed by atoms with Gasteiger partial charge in [-0.05, 0) is 18.8 Å². The molecule has 0 aromatic carbocycles. The van der Waals surface area contributed by atoms with Crippen molar-refractivity contribution in [3.63, 3.8) is 0 Å². The molecule has 1 atom stereocenters. The summed E-state index contributed by atoms with van der Waals surface area (Å²) in [4.78, 5) is 0. The Balaban J connectivity index is 3.99. The number of nitrogens with one attached hydrogen (secondary N) is 1. The van der Waals surface area contributed by atoms with Crippen molar-refractivity contribution in [2.45, 2.75) is 40.2 Å². The number of hydrogen-bond acceptors (Lipinski definition) is 3. The minimum absolute atomic E-state index is 0.0433. The van der Waals surface area contributed by atoms with Crippen molar-refractivity contribution >= 4 is 10.0 Å². The van der Waals surface area contributed by atoms with Crippen molar-refractivity contribution in [2.24, 2.45) is 5.41 Å². The van der Waals surface area contributed by atoms with Gasteiger partial charge in [0.15, 0.2) is 0 Å². The molecule has 0 aliphatic rings. The second-order valence-electron chi connectivity index (χ2n) is 5.02. The first-order valence-electron chi connectivity index (χ1n) is 5.16. The number of rotatable bonds is 6. The summed E-state index contributed by atoms with van der Waals surface area (Å²) in [5.74, 6) is 0.174. The fourth-order valence-electron chi connectivity index (χ4n) is 0.840. The van der Waals surface area contributed by atoms with Gasteiger partial charge >= 0.3 is 0 Å². The standard InChI is InChI=1S/C10H23NO3S/c1-9(14-5)8-11-15(12,13)7-6-10(2,3)4/h9,11H,6-8H2,1-5H3. The van der Waals surface area contributed by atoms with Gasteiger partial charge in [-0.25, -0.2) is 13.1 Å². The van der Waals surface area contributed by atoms with Gasteiger partial charge < -0.3 is 4.74 Å². The molecule has 0 aliphatic carbocycles. The second-order valence-corrected chi connectivity index (χ2v) is 6.95. The molecule has 5 heteroatoms. The number of ether oxygens (including phenoxy) is 1. The van der Waals surface area contributed by atoms with E-state index in [1.54, 1.807) is 7.11 Å². The number of methoxy groups -OCH3 is 1. The van der Waals surface area contributed by atoms with Crippen LogP contribution < -0.4 is 4.72 Å². The molecule has 0 spiro atoms. The van der Waals surface area contributed by atoms with E-state index in [0.29, 0.717) is 13.0 Å². The van der Waals surface area contributed by atoms with E-state index in [-0.39, 0.29) is 17.3 Å². The molecule has 4 nitrogen and oxygen atoms in total. The zero-order valence-corrected chi connectivity index (χ0v) is 11.1. The zero-order valence-electron chi connectivity index (χ0n) is 10.3. The van der Waals surface area contributed by atoms with Crippen molar-refractivity contribution < 1.29 is 13.2 Å². The Morgan fingerprint density at radius 3 is 2.27 bits per heavy atom. The highest BCUT2D eigenvalue weighted by atomic mass is 32.2. The summed E-state index contributed by atoms with van der Waals surface area (Å²) < 4.78 is 30.6. The third-order valence-corrected chi connectivity index (χ3v) is 3.46. The van der Waals surface area contributed by atoms with Crippen molar-refractivity contribution in [1.82, 2.24) is 4.72 Å². The largest absolute Gasteiger partial charge is 0.380 e. The van der Waals surface area contributed by atoms with Crippen LogP contribution in [0.3, 0.4) is 0 Å². The summed E-state index contributed by atoms with van der Waals surface area (Å²) >= 11 is 0. The molecule has 0 amide bonds. The summed E-state index contributed by atoms with van der Waals surface area (Å²) in [6, 6.07) is 0. The van der Waals surface area contributed by atoms with Crippen LogP contribution in [0.5, 0.6) is 0 Å². The molecular weight excluding hydrogens is 214 g/mol. The highest BCUT2D eigenvalue weighted by Gasteiger charge is 2.17. The van der Waals surface area contributed by atoms with Crippen molar-refractivity contribution in [2.75, 3.05) is 19.4 Å². The molecule has 0 fully saturated rings. The summed E-state index contributed by atoms with van der Waals surface area (Å²) in [5, 5.41) is 0. The van der Waals surface area contributed by atoms with E-state index in [1.165, 1.54) is 0 Å². The van der Waals surface area contributed by atoms with E-state index in [0.717, 1.165) is 0 Å². The van der Waals surface area contributed by atoms with Crippen LogP contribution in [0.4, 0.5) is 0 Å². The third-order valence-electron chi connectivity index (χ3n) is 2.11. The Morgan fingerprint density at radius 2 is 1.87 bits per heavy atom. The molecule has 1 N–H and O–H groups in total. The van der Waals surface area contributed by atoms with Crippen LogP contribution in [0.25, 0.3) is 0 Å². The van der Waals surface area contributed by atoms with Gasteiger partial charge in [0.1, 0.15) is 0 Å². The normalized spacial score (nSPS) is 15.3. The monoisotopic (exact) mass is 237 g/mol. The highest BCUT2D eigenvalue weighted by Crippen LogP contribution is 2.18. The van der Waals surface area contributed by atoms with E-state index in [1.807, 2.05) is 27.7 Å². The molecule has 92 valence electrons. The highest BCUT2D eigenvalue weighted by molar-refractivity contribution is 7.89. The van der Waals surface area contributed by atoms with Crippen LogP contribution in [0, 0.1) is 5.41 Å². The summed E-state index contributed by atoms with van der Waals surface area (Å²) in [6.45, 7) is 8.25. The summed E-state index contributed by atoms with van der Waals surface area (Å²) in [6.07, 6.45) is 0.568. The average Bonchev–Trinajstić information content (AvgIpc) is 2.10. The van der Waals surface area contributed by atoms with E-state index in [2.05, 4.69) is 4.72 Å². The third kappa shape index (κ3) is 8.84. The Bertz CT molecular complexity index is 267. The van der Waals surface area contributed by atoms with Crippen molar-refractivity contribution in [1.29, 1.82) is 0 Å². The Hall–Kier alpha value is -0.130. The van der Waals surface area contributed by atoms with Gasteiger partial charge in [0.05, 0.1) is 11.9 Å². The van der Waals surface area contributed by atoms with Gasteiger partial charge in [-0.15, -0.1) is 0 Å². The van der Waals surface area contributed by atoms with Crippen LogP contribution >= 0.6 is 0 Å². The lowest BCUT2D eigenvalue weighted by molar-refractivity contribution is 0.122. The second kappa shape index (κ2) is 5.82. The Morgan fingerprint density at radius 1 is 1.33 bits per heavy atom. The smallest absolute Gasteiger partial charge is 0.211 e. The van der Waals surface area contributed by atoms with Crippen LogP contribution in [-0.4, -0.2) is 33.9 Å². The molecule has 0 radical (unpaired) electrons. The van der Waals surface area contributed by atoms with Gasteiger partial charge in [-0.3, -0.25) is 0 Å². The minimum Gasteiger partial charge on any atom is -0.380 e. The van der Waals surface area contributed by atoms with Crippen molar-refractivity contribution in [3.05, 3.63) is 0 Å². The topological polar surface area (TPSA) is 55.4 Å². The van der Waals surface area contributed by atoms with E-state index < -0.39 is 10.0 Å². The first-order valence-corrected chi connectivity index (χ1v) is 6.82. The maximum Gasteiger partial charge on any atom is 0.211 e. The van der Waals surface area contributed by atoms with Gasteiger partial charge in [0.2, 0.25) is 10.0 Å². The van der Waals surface area contributed by atoms with Crippen LogP contribution in [0.1, 0.15) is 34.1 Å². The lowest BCUT2D eigenvalue weighted by Gasteiger charge is -2.18. The first kappa shape index (κ1) is 14.9. The van der Waals surface area contributed by atoms with Crippen molar-refractivity contribution in [3.8, 4) is 0 Å². The lowest BCUT2D eigenvalue weighted by Crippen LogP contribution is -2.34. The van der Waals surface area contributed by atoms with Crippen LogP contribution in [-0.2, 0) is 14.8 Å². The SMILES string of the molecule is COC(C)CNS(=O)(=O)CCC(C)(C)C. The number of hydrogen-bond donors (Lipinski definition) is 1. The molecule has 0 aromatic rings. The molecule has 0 bridgehead atoms. The van der Waals surface area contributed by atoms with Crippen LogP contribution in [0.15, 0.2) is 0 Å². The summed E-state index contributed by atoms with van der Waals surface area (Å²) in [7, 11) is -1.59. The predicted octanol–water partition coefficient (Wildman–Crippen LogP) is 1.38. The average molecular weight is 237 g/mol. The molecule has 0 aliphatic heterocycles. The fraction of sp³-hybridized carbons (Fsp3) is 1.00. The van der Waals surface area contributed by atoms with Gasteiger partial charge in [0, 0.05) is 13.7 Å². The molecule has 0 rings (SSSR count). The molecule has 1 unspecified atom stereocenters. The zero-order chi connectivity index (χ0) is 12.1. The maximum atomic E-state index is 11.5. The first-order chi connectivity index (χ1) is 6.66. The molecular formula is C10H23NO3S. The molecule has 15 heavy (non-hydrogen) atoms. The maximum absolute atomic E-state index is 11.5. The number of sulfonamides is 1. The summed E-state index contributed by atoms with van der Waals surface area (Å²) in [5.41, 5.74) is 0.0433. The van der Waals surface area contributed by atoms with Crippen LogP contribution in [0.2, 0.25) is 0 Å². The lowest BCUT2D eigenvalue weighted by atomic mass is 9.94. The molecule has 0 aromatic heterocycles. The van der Waals surface area contributed by atoms with E-state index in [4.69, 9.17) is 4.74 Å². The van der Waals surface area contributed by atoms with Gasteiger partial charge in [-0.1, -0.05) is 20.8 Å². The fourth-order valence-corrected chi connectivity index (χ4v) is 2.35. The Labute approximate surface area is 93.4 Å². The minimum atomic E-state index is -3.15. The van der Waals surface area contributed by atoms with Gasteiger partial charge in [0.25, 0.3) is 0 Å².